The Labute approximate surface area is 103 Å². The lowest BCUT2D eigenvalue weighted by atomic mass is 10.1. The fourth-order valence-corrected chi connectivity index (χ4v) is 1.75. The van der Waals surface area contributed by atoms with Gasteiger partial charge >= 0.3 is 0 Å². The molecule has 98 valence electrons. The summed E-state index contributed by atoms with van der Waals surface area (Å²) in [7, 11) is 1.73. The lowest BCUT2D eigenvalue weighted by Crippen LogP contribution is -2.26. The molecule has 0 aliphatic rings. The summed E-state index contributed by atoms with van der Waals surface area (Å²) < 4.78 is 7.14. The van der Waals surface area contributed by atoms with E-state index in [2.05, 4.69) is 30.9 Å². The van der Waals surface area contributed by atoms with E-state index in [1.807, 2.05) is 4.68 Å². The van der Waals surface area contributed by atoms with Gasteiger partial charge in [-0.15, -0.1) is 0 Å². The first-order valence-electron chi connectivity index (χ1n) is 6.21. The van der Waals surface area contributed by atoms with Crippen LogP contribution in [0, 0.1) is 0 Å². The van der Waals surface area contributed by atoms with Crippen LogP contribution in [0.5, 0.6) is 0 Å². The molecule has 2 unspecified atom stereocenters. The first kappa shape index (κ1) is 14.1. The number of ether oxygens (including phenoxy) is 1. The predicted molar refractivity (Wildman–Crippen MR) is 67.8 cm³/mol. The molecule has 1 aromatic heterocycles. The van der Waals surface area contributed by atoms with Crippen molar-refractivity contribution in [3.05, 3.63) is 12.2 Å². The molecule has 0 saturated heterocycles. The molecule has 0 bridgehead atoms. The quantitative estimate of drug-likeness (QED) is 0.785. The van der Waals surface area contributed by atoms with Crippen LogP contribution < -0.4 is 5.73 Å². The summed E-state index contributed by atoms with van der Waals surface area (Å²) in [6.45, 7) is 6.25. The van der Waals surface area contributed by atoms with E-state index in [0.29, 0.717) is 6.04 Å². The van der Waals surface area contributed by atoms with Crippen molar-refractivity contribution in [2.45, 2.75) is 58.2 Å². The van der Waals surface area contributed by atoms with E-state index >= 15 is 0 Å². The second-order valence-corrected chi connectivity index (χ2v) is 4.80. The Balaban J connectivity index is 2.44. The number of rotatable bonds is 7. The van der Waals surface area contributed by atoms with Crippen molar-refractivity contribution in [2.24, 2.45) is 5.73 Å². The molecule has 0 aliphatic heterocycles. The van der Waals surface area contributed by atoms with Gasteiger partial charge in [-0.1, -0.05) is 0 Å². The SMILES string of the molecule is COC(C)CCC(N)Cc1ncnn1C(C)C. The van der Waals surface area contributed by atoms with Gasteiger partial charge in [-0.3, -0.25) is 0 Å². The molecular weight excluding hydrogens is 216 g/mol. The molecule has 0 amide bonds. The third-order valence-corrected chi connectivity index (χ3v) is 2.93. The Bertz CT molecular complexity index is 324. The highest BCUT2D eigenvalue weighted by Crippen LogP contribution is 2.10. The molecule has 0 fully saturated rings. The van der Waals surface area contributed by atoms with E-state index in [1.165, 1.54) is 0 Å². The Hall–Kier alpha value is -0.940. The average Bonchev–Trinajstić information content (AvgIpc) is 2.74. The normalized spacial score (nSPS) is 15.2. The molecule has 0 saturated carbocycles. The zero-order valence-electron chi connectivity index (χ0n) is 11.3. The highest BCUT2D eigenvalue weighted by molar-refractivity contribution is 4.90. The van der Waals surface area contributed by atoms with Gasteiger partial charge < -0.3 is 10.5 Å². The first-order chi connectivity index (χ1) is 8.04. The van der Waals surface area contributed by atoms with Crippen molar-refractivity contribution in [3.8, 4) is 0 Å². The van der Waals surface area contributed by atoms with E-state index in [4.69, 9.17) is 10.5 Å². The molecule has 0 aliphatic carbocycles. The molecule has 2 atom stereocenters. The van der Waals surface area contributed by atoms with Gasteiger partial charge in [0, 0.05) is 25.6 Å². The summed E-state index contributed by atoms with van der Waals surface area (Å²) in [4.78, 5) is 4.27. The van der Waals surface area contributed by atoms with Gasteiger partial charge in [0.2, 0.25) is 0 Å². The van der Waals surface area contributed by atoms with Crippen molar-refractivity contribution >= 4 is 0 Å². The van der Waals surface area contributed by atoms with Crippen LogP contribution in [-0.2, 0) is 11.2 Å². The standard InChI is InChI=1S/C12H24N4O/c1-9(2)16-12(14-8-15-16)7-11(13)6-5-10(3)17-4/h8-11H,5-7,13H2,1-4H3. The molecule has 17 heavy (non-hydrogen) atoms. The van der Waals surface area contributed by atoms with Crippen LogP contribution in [0.3, 0.4) is 0 Å². The molecule has 2 N–H and O–H groups in total. The van der Waals surface area contributed by atoms with Crippen LogP contribution in [0.4, 0.5) is 0 Å². The maximum absolute atomic E-state index is 6.10. The Morgan fingerprint density at radius 3 is 2.65 bits per heavy atom. The largest absolute Gasteiger partial charge is 0.382 e. The Kier molecular flexibility index (Phi) is 5.58. The molecular formula is C12H24N4O. The van der Waals surface area contributed by atoms with Gasteiger partial charge in [-0.2, -0.15) is 5.10 Å². The molecule has 0 aromatic carbocycles. The number of aromatic nitrogens is 3. The van der Waals surface area contributed by atoms with Crippen LogP contribution in [0.2, 0.25) is 0 Å². The summed E-state index contributed by atoms with van der Waals surface area (Å²) in [5, 5.41) is 4.21. The minimum atomic E-state index is 0.120. The van der Waals surface area contributed by atoms with E-state index in [1.54, 1.807) is 13.4 Å². The van der Waals surface area contributed by atoms with Crippen LogP contribution in [-0.4, -0.2) is 34.0 Å². The van der Waals surface area contributed by atoms with Gasteiger partial charge in [-0.05, 0) is 33.6 Å². The number of nitrogens with two attached hydrogens (primary N) is 1. The molecule has 0 spiro atoms. The molecule has 1 rings (SSSR count). The minimum absolute atomic E-state index is 0.120. The van der Waals surface area contributed by atoms with Crippen molar-refractivity contribution in [3.63, 3.8) is 0 Å². The van der Waals surface area contributed by atoms with Gasteiger partial charge in [-0.25, -0.2) is 9.67 Å². The van der Waals surface area contributed by atoms with Crippen LogP contribution in [0.15, 0.2) is 6.33 Å². The lowest BCUT2D eigenvalue weighted by Gasteiger charge is -2.15. The van der Waals surface area contributed by atoms with Crippen LogP contribution in [0.25, 0.3) is 0 Å². The highest BCUT2D eigenvalue weighted by Gasteiger charge is 2.13. The number of hydrogen-bond acceptors (Lipinski definition) is 4. The summed E-state index contributed by atoms with van der Waals surface area (Å²) in [5.74, 6) is 0.970. The van der Waals surface area contributed by atoms with Crippen molar-refractivity contribution in [1.29, 1.82) is 0 Å². The number of methoxy groups -OCH3 is 1. The summed E-state index contributed by atoms with van der Waals surface area (Å²) in [6.07, 6.45) is 4.56. The molecule has 1 heterocycles. The molecule has 5 heteroatoms. The van der Waals surface area contributed by atoms with Gasteiger partial charge in [0.15, 0.2) is 0 Å². The van der Waals surface area contributed by atoms with E-state index < -0.39 is 0 Å². The highest BCUT2D eigenvalue weighted by atomic mass is 16.5. The predicted octanol–water partition coefficient (Wildman–Crippen LogP) is 1.54. The van der Waals surface area contributed by atoms with Crippen molar-refractivity contribution in [2.75, 3.05) is 7.11 Å². The lowest BCUT2D eigenvalue weighted by molar-refractivity contribution is 0.107. The van der Waals surface area contributed by atoms with E-state index in [9.17, 15) is 0 Å². The first-order valence-corrected chi connectivity index (χ1v) is 6.21. The number of nitrogens with zero attached hydrogens (tertiary/aromatic N) is 3. The van der Waals surface area contributed by atoms with Gasteiger partial charge in [0.25, 0.3) is 0 Å². The van der Waals surface area contributed by atoms with E-state index in [-0.39, 0.29) is 12.1 Å². The summed E-state index contributed by atoms with van der Waals surface area (Å²) in [5.41, 5.74) is 6.10. The van der Waals surface area contributed by atoms with Crippen LogP contribution in [0.1, 0.15) is 45.5 Å². The second kappa shape index (κ2) is 6.71. The molecule has 1 aromatic rings. The topological polar surface area (TPSA) is 66.0 Å². The van der Waals surface area contributed by atoms with Crippen LogP contribution >= 0.6 is 0 Å². The third-order valence-electron chi connectivity index (χ3n) is 2.93. The van der Waals surface area contributed by atoms with Crippen molar-refractivity contribution < 1.29 is 4.74 Å². The maximum Gasteiger partial charge on any atom is 0.138 e. The van der Waals surface area contributed by atoms with E-state index in [0.717, 1.165) is 25.1 Å². The van der Waals surface area contributed by atoms with Gasteiger partial charge in [0.1, 0.15) is 12.2 Å². The van der Waals surface area contributed by atoms with Gasteiger partial charge in [0.05, 0.1) is 6.10 Å². The zero-order chi connectivity index (χ0) is 12.8. The smallest absolute Gasteiger partial charge is 0.138 e. The average molecular weight is 240 g/mol. The minimum Gasteiger partial charge on any atom is -0.382 e. The summed E-state index contributed by atoms with van der Waals surface area (Å²) in [6, 6.07) is 0.451. The number of hydrogen-bond donors (Lipinski definition) is 1. The molecule has 5 nitrogen and oxygen atoms in total. The molecule has 0 radical (unpaired) electrons. The monoisotopic (exact) mass is 240 g/mol. The fourth-order valence-electron chi connectivity index (χ4n) is 1.75. The summed E-state index contributed by atoms with van der Waals surface area (Å²) >= 11 is 0. The third kappa shape index (κ3) is 4.44. The second-order valence-electron chi connectivity index (χ2n) is 4.80. The van der Waals surface area contributed by atoms with Crippen molar-refractivity contribution in [1.82, 2.24) is 14.8 Å². The fraction of sp³-hybridized carbons (Fsp3) is 0.833. The zero-order valence-corrected chi connectivity index (χ0v) is 11.3. The Morgan fingerprint density at radius 1 is 1.35 bits per heavy atom. The maximum atomic E-state index is 6.10. The Morgan fingerprint density at radius 2 is 2.06 bits per heavy atom.